The maximum absolute atomic E-state index is 12.9. The van der Waals surface area contributed by atoms with E-state index in [-0.39, 0.29) is 5.91 Å². The number of hydrogen-bond donors (Lipinski definition) is 2. The number of aryl methyl sites for hydroxylation is 4. The van der Waals surface area contributed by atoms with Crippen molar-refractivity contribution in [2.45, 2.75) is 47.6 Å². The Labute approximate surface area is 198 Å². The molecule has 0 saturated heterocycles. The van der Waals surface area contributed by atoms with E-state index >= 15 is 0 Å². The van der Waals surface area contributed by atoms with E-state index in [0.29, 0.717) is 18.1 Å². The highest BCUT2D eigenvalue weighted by Crippen LogP contribution is 2.16. The van der Waals surface area contributed by atoms with Gasteiger partial charge in [0.15, 0.2) is 0 Å². The SMILES string of the molecule is CCn1nc(C)c(CCN=C(NC(=O)c2cc(C)cc(C)c2)Nc2cccc(Br)c2)c1C. The average Bonchev–Trinajstić information content (AvgIpc) is 3.00. The van der Waals surface area contributed by atoms with E-state index in [1.54, 1.807) is 0 Å². The number of nitrogens with one attached hydrogen (secondary N) is 2. The molecule has 0 fully saturated rings. The van der Waals surface area contributed by atoms with Crippen molar-refractivity contribution in [2.75, 3.05) is 11.9 Å². The molecule has 0 saturated carbocycles. The highest BCUT2D eigenvalue weighted by molar-refractivity contribution is 9.10. The van der Waals surface area contributed by atoms with Crippen LogP contribution in [0.5, 0.6) is 0 Å². The predicted molar refractivity (Wildman–Crippen MR) is 135 cm³/mol. The summed E-state index contributed by atoms with van der Waals surface area (Å²) in [6.07, 6.45) is 0.751. The largest absolute Gasteiger partial charge is 0.326 e. The number of halogens is 1. The fourth-order valence-electron chi connectivity index (χ4n) is 3.78. The van der Waals surface area contributed by atoms with Crippen LogP contribution in [0.1, 0.15) is 45.4 Å². The lowest BCUT2D eigenvalue weighted by Gasteiger charge is -2.13. The lowest BCUT2D eigenvalue weighted by atomic mass is 10.1. The summed E-state index contributed by atoms with van der Waals surface area (Å²) in [6, 6.07) is 13.6. The smallest absolute Gasteiger partial charge is 0.257 e. The second kappa shape index (κ2) is 10.6. The van der Waals surface area contributed by atoms with E-state index < -0.39 is 0 Å². The normalized spacial score (nSPS) is 11.5. The predicted octanol–water partition coefficient (Wildman–Crippen LogP) is 5.34. The second-order valence-electron chi connectivity index (χ2n) is 7.91. The number of amides is 1. The van der Waals surface area contributed by atoms with Crippen molar-refractivity contribution >= 4 is 33.5 Å². The number of benzene rings is 2. The van der Waals surface area contributed by atoms with Crippen LogP contribution in [-0.2, 0) is 13.0 Å². The third-order valence-electron chi connectivity index (χ3n) is 5.27. The lowest BCUT2D eigenvalue weighted by molar-refractivity contribution is 0.0976. The van der Waals surface area contributed by atoms with Gasteiger partial charge in [-0.3, -0.25) is 19.8 Å². The van der Waals surface area contributed by atoms with Crippen molar-refractivity contribution in [3.05, 3.63) is 80.6 Å². The summed E-state index contributed by atoms with van der Waals surface area (Å²) in [5.74, 6) is 0.231. The number of nitrogens with zero attached hydrogens (tertiary/aromatic N) is 3. The van der Waals surface area contributed by atoms with Crippen molar-refractivity contribution in [2.24, 2.45) is 4.99 Å². The van der Waals surface area contributed by atoms with Crippen LogP contribution in [0.25, 0.3) is 0 Å². The molecule has 2 aromatic carbocycles. The molecular weight excluding hydrogens is 466 g/mol. The molecule has 32 heavy (non-hydrogen) atoms. The van der Waals surface area contributed by atoms with Gasteiger partial charge in [0.2, 0.25) is 5.96 Å². The molecule has 1 heterocycles. The molecular formula is C25H30BrN5O. The quantitative estimate of drug-likeness (QED) is 0.358. The summed E-state index contributed by atoms with van der Waals surface area (Å²) in [5.41, 5.74) is 6.95. The highest BCUT2D eigenvalue weighted by Gasteiger charge is 2.13. The van der Waals surface area contributed by atoms with Gasteiger partial charge in [0.05, 0.1) is 5.69 Å². The third kappa shape index (κ3) is 6.07. The first-order chi connectivity index (χ1) is 15.3. The Morgan fingerprint density at radius 3 is 2.44 bits per heavy atom. The van der Waals surface area contributed by atoms with Gasteiger partial charge >= 0.3 is 0 Å². The first-order valence-corrected chi connectivity index (χ1v) is 11.6. The van der Waals surface area contributed by atoms with Crippen LogP contribution >= 0.6 is 15.9 Å². The Balaban J connectivity index is 1.81. The molecule has 3 aromatic rings. The first kappa shape index (κ1) is 23.7. The Hall–Kier alpha value is -2.93. The van der Waals surface area contributed by atoms with E-state index in [1.807, 2.05) is 67.9 Å². The van der Waals surface area contributed by atoms with Crippen LogP contribution in [0.15, 0.2) is 51.9 Å². The van der Waals surface area contributed by atoms with Gasteiger partial charge in [-0.2, -0.15) is 5.10 Å². The van der Waals surface area contributed by atoms with Crippen molar-refractivity contribution in [1.29, 1.82) is 0 Å². The number of guanidine groups is 1. The minimum atomic E-state index is -0.191. The zero-order chi connectivity index (χ0) is 23.3. The minimum absolute atomic E-state index is 0.191. The summed E-state index contributed by atoms with van der Waals surface area (Å²) in [5, 5.41) is 10.8. The van der Waals surface area contributed by atoms with E-state index in [2.05, 4.69) is 45.5 Å². The Kier molecular flexibility index (Phi) is 7.85. The third-order valence-corrected chi connectivity index (χ3v) is 5.76. The van der Waals surface area contributed by atoms with Crippen LogP contribution in [0.3, 0.4) is 0 Å². The summed E-state index contributed by atoms with van der Waals surface area (Å²) < 4.78 is 2.96. The number of aliphatic imine (C=N–C) groups is 1. The molecule has 1 aromatic heterocycles. The molecule has 2 N–H and O–H groups in total. The second-order valence-corrected chi connectivity index (χ2v) is 8.83. The van der Waals surface area contributed by atoms with Crippen molar-refractivity contribution in [3.63, 3.8) is 0 Å². The van der Waals surface area contributed by atoms with E-state index in [1.165, 1.54) is 11.3 Å². The molecule has 0 aliphatic carbocycles. The molecule has 3 rings (SSSR count). The molecule has 168 valence electrons. The minimum Gasteiger partial charge on any atom is -0.326 e. The fraction of sp³-hybridized carbons (Fsp3) is 0.320. The van der Waals surface area contributed by atoms with Crippen LogP contribution in [0, 0.1) is 27.7 Å². The van der Waals surface area contributed by atoms with Gasteiger partial charge in [-0.25, -0.2) is 0 Å². The molecule has 0 spiro atoms. The van der Waals surface area contributed by atoms with Gasteiger partial charge in [-0.1, -0.05) is 39.2 Å². The number of hydrogen-bond acceptors (Lipinski definition) is 3. The van der Waals surface area contributed by atoms with Gasteiger partial charge in [-0.05, 0) is 76.9 Å². The number of anilines is 1. The van der Waals surface area contributed by atoms with E-state index in [4.69, 9.17) is 4.99 Å². The first-order valence-electron chi connectivity index (χ1n) is 10.8. The lowest BCUT2D eigenvalue weighted by Crippen LogP contribution is -2.36. The summed E-state index contributed by atoms with van der Waals surface area (Å²) in [7, 11) is 0. The van der Waals surface area contributed by atoms with Gasteiger partial charge in [0.1, 0.15) is 0 Å². The van der Waals surface area contributed by atoms with Crippen molar-refractivity contribution in [1.82, 2.24) is 15.1 Å². The molecule has 0 aliphatic rings. The Bertz CT molecular complexity index is 1130. The number of aromatic nitrogens is 2. The highest BCUT2D eigenvalue weighted by atomic mass is 79.9. The number of carbonyl (C=O) groups is 1. The average molecular weight is 496 g/mol. The summed E-state index contributed by atoms with van der Waals surface area (Å²) >= 11 is 3.49. The molecule has 0 radical (unpaired) electrons. The van der Waals surface area contributed by atoms with Gasteiger partial charge in [0, 0.05) is 34.5 Å². The maximum Gasteiger partial charge on any atom is 0.257 e. The molecule has 6 nitrogen and oxygen atoms in total. The zero-order valence-corrected chi connectivity index (χ0v) is 20.9. The van der Waals surface area contributed by atoms with Gasteiger partial charge < -0.3 is 5.32 Å². The van der Waals surface area contributed by atoms with Crippen LogP contribution in [0.4, 0.5) is 5.69 Å². The zero-order valence-electron chi connectivity index (χ0n) is 19.3. The molecule has 0 unspecified atom stereocenters. The fourth-order valence-corrected chi connectivity index (χ4v) is 4.18. The molecule has 0 atom stereocenters. The molecule has 1 amide bonds. The van der Waals surface area contributed by atoms with Crippen LogP contribution in [0.2, 0.25) is 0 Å². The Morgan fingerprint density at radius 2 is 1.81 bits per heavy atom. The van der Waals surface area contributed by atoms with Crippen LogP contribution < -0.4 is 10.6 Å². The molecule has 0 aliphatic heterocycles. The summed E-state index contributed by atoms with van der Waals surface area (Å²) in [4.78, 5) is 17.6. The van der Waals surface area contributed by atoms with Gasteiger partial charge in [0.25, 0.3) is 5.91 Å². The maximum atomic E-state index is 12.9. The molecule has 7 heteroatoms. The van der Waals surface area contributed by atoms with E-state index in [9.17, 15) is 4.79 Å². The van der Waals surface area contributed by atoms with Crippen molar-refractivity contribution in [3.8, 4) is 0 Å². The number of carbonyl (C=O) groups excluding carboxylic acids is 1. The monoisotopic (exact) mass is 495 g/mol. The van der Waals surface area contributed by atoms with E-state index in [0.717, 1.165) is 39.9 Å². The number of rotatable bonds is 6. The van der Waals surface area contributed by atoms with Crippen molar-refractivity contribution < 1.29 is 4.79 Å². The Morgan fingerprint density at radius 1 is 1.09 bits per heavy atom. The summed E-state index contributed by atoms with van der Waals surface area (Å²) in [6.45, 7) is 11.5. The van der Waals surface area contributed by atoms with Gasteiger partial charge in [-0.15, -0.1) is 0 Å². The van der Waals surface area contributed by atoms with Crippen LogP contribution in [-0.4, -0.2) is 28.2 Å². The topological polar surface area (TPSA) is 71.3 Å². The molecule has 0 bridgehead atoms. The standard InChI is InChI=1S/C25H30BrN5O/c1-6-31-19(5)23(18(4)30-31)10-11-27-25(28-22-9-7-8-21(26)15-22)29-24(32)20-13-16(2)12-17(3)14-20/h7-9,12-15H,6,10-11H2,1-5H3,(H2,27,28,29,32).